The molecule has 2 fully saturated rings. The Labute approximate surface area is 97.0 Å². The zero-order valence-corrected chi connectivity index (χ0v) is 10.3. The zero-order chi connectivity index (χ0) is 11.0. The number of rotatable bonds is 4. The molecule has 2 rings (SSSR count). The second-order valence-electron chi connectivity index (χ2n) is 5.25. The summed E-state index contributed by atoms with van der Waals surface area (Å²) in [5.74, 6) is 2.45. The van der Waals surface area contributed by atoms with Crippen molar-refractivity contribution in [2.75, 3.05) is 13.6 Å². The highest BCUT2D eigenvalue weighted by atomic mass is 35.5. The Kier molecular flexibility index (Phi) is 3.24. The van der Waals surface area contributed by atoms with E-state index in [1.807, 2.05) is 18.9 Å². The van der Waals surface area contributed by atoms with E-state index in [2.05, 4.69) is 0 Å². The van der Waals surface area contributed by atoms with Gasteiger partial charge >= 0.3 is 0 Å². The summed E-state index contributed by atoms with van der Waals surface area (Å²) in [7, 11) is 1.91. The van der Waals surface area contributed by atoms with Crippen LogP contribution in [0.1, 0.15) is 32.6 Å². The monoisotopic (exact) mass is 229 g/mol. The number of nitrogens with zero attached hydrogens (tertiary/aromatic N) is 1. The first-order chi connectivity index (χ1) is 7.08. The minimum absolute atomic E-state index is 0.164. The number of hydrogen-bond donors (Lipinski definition) is 0. The van der Waals surface area contributed by atoms with E-state index >= 15 is 0 Å². The number of halogens is 1. The van der Waals surface area contributed by atoms with E-state index in [4.69, 9.17) is 11.6 Å². The first-order valence-corrected chi connectivity index (χ1v) is 6.40. The minimum atomic E-state index is 0.164. The molecule has 2 nitrogen and oxygen atoms in total. The van der Waals surface area contributed by atoms with Crippen LogP contribution < -0.4 is 0 Å². The van der Waals surface area contributed by atoms with Gasteiger partial charge in [-0.05, 0) is 44.4 Å². The first kappa shape index (κ1) is 11.3. The fraction of sp³-hybridized carbons (Fsp3) is 0.917. The third-order valence-corrected chi connectivity index (χ3v) is 4.05. The lowest BCUT2D eigenvalue weighted by Gasteiger charge is -2.22. The molecule has 0 radical (unpaired) electrons. The van der Waals surface area contributed by atoms with Crippen LogP contribution in [-0.4, -0.2) is 29.8 Å². The molecular weight excluding hydrogens is 210 g/mol. The van der Waals surface area contributed by atoms with Gasteiger partial charge in [-0.15, -0.1) is 11.6 Å². The fourth-order valence-electron chi connectivity index (χ4n) is 2.71. The predicted octanol–water partition coefficient (Wildman–Crippen LogP) is 2.51. The summed E-state index contributed by atoms with van der Waals surface area (Å²) >= 11 is 5.88. The third-order valence-electron chi connectivity index (χ3n) is 3.83. The normalized spacial score (nSPS) is 34.7. The molecule has 0 aliphatic heterocycles. The average molecular weight is 230 g/mol. The number of carbonyl (C=O) groups is 1. The standard InChI is InChI=1S/C12H20ClNO/c1-8(13)3-4-14(2)12(15)11-6-9-5-10(9)7-11/h8-11H,3-7H2,1-2H3. The molecule has 2 aliphatic carbocycles. The summed E-state index contributed by atoms with van der Waals surface area (Å²) < 4.78 is 0. The van der Waals surface area contributed by atoms with Gasteiger partial charge in [-0.3, -0.25) is 4.79 Å². The van der Waals surface area contributed by atoms with E-state index in [-0.39, 0.29) is 5.38 Å². The summed E-state index contributed by atoms with van der Waals surface area (Å²) in [6.07, 6.45) is 4.56. The average Bonchev–Trinajstić information content (AvgIpc) is 2.81. The van der Waals surface area contributed by atoms with E-state index < -0.39 is 0 Å². The molecule has 0 aromatic rings. The van der Waals surface area contributed by atoms with Gasteiger partial charge in [0.1, 0.15) is 0 Å². The van der Waals surface area contributed by atoms with E-state index in [0.717, 1.165) is 37.6 Å². The van der Waals surface area contributed by atoms with Crippen molar-refractivity contribution in [1.29, 1.82) is 0 Å². The topological polar surface area (TPSA) is 20.3 Å². The summed E-state index contributed by atoms with van der Waals surface area (Å²) in [4.78, 5) is 13.9. The van der Waals surface area contributed by atoms with E-state index in [9.17, 15) is 4.79 Å². The summed E-state index contributed by atoms with van der Waals surface area (Å²) in [6.45, 7) is 2.78. The van der Waals surface area contributed by atoms with Crippen LogP contribution >= 0.6 is 11.6 Å². The fourth-order valence-corrected chi connectivity index (χ4v) is 2.81. The highest BCUT2D eigenvalue weighted by Gasteiger charge is 2.48. The lowest BCUT2D eigenvalue weighted by molar-refractivity contribution is -0.134. The minimum Gasteiger partial charge on any atom is -0.345 e. The largest absolute Gasteiger partial charge is 0.345 e. The van der Waals surface area contributed by atoms with Crippen molar-refractivity contribution < 1.29 is 4.79 Å². The molecule has 3 heteroatoms. The van der Waals surface area contributed by atoms with Crippen molar-refractivity contribution in [3.05, 3.63) is 0 Å². The van der Waals surface area contributed by atoms with Crippen LogP contribution in [-0.2, 0) is 4.79 Å². The van der Waals surface area contributed by atoms with Gasteiger partial charge in [-0.25, -0.2) is 0 Å². The maximum atomic E-state index is 12.0. The molecule has 2 aliphatic rings. The molecule has 0 saturated heterocycles. The number of fused-ring (bicyclic) bond motifs is 1. The van der Waals surface area contributed by atoms with Gasteiger partial charge in [0.2, 0.25) is 5.91 Å². The summed E-state index contributed by atoms with van der Waals surface area (Å²) in [5.41, 5.74) is 0. The van der Waals surface area contributed by atoms with Crippen molar-refractivity contribution in [1.82, 2.24) is 4.90 Å². The van der Waals surface area contributed by atoms with Gasteiger partial charge in [0.25, 0.3) is 0 Å². The van der Waals surface area contributed by atoms with Crippen molar-refractivity contribution in [2.45, 2.75) is 38.0 Å². The molecule has 3 atom stereocenters. The van der Waals surface area contributed by atoms with Crippen LogP contribution in [0, 0.1) is 17.8 Å². The quantitative estimate of drug-likeness (QED) is 0.679. The van der Waals surface area contributed by atoms with Crippen molar-refractivity contribution in [3.63, 3.8) is 0 Å². The SMILES string of the molecule is CC(Cl)CCN(C)C(=O)C1CC2CC2C1. The predicted molar refractivity (Wildman–Crippen MR) is 61.9 cm³/mol. The number of hydrogen-bond acceptors (Lipinski definition) is 1. The van der Waals surface area contributed by atoms with Gasteiger partial charge in [0, 0.05) is 24.9 Å². The molecule has 0 spiro atoms. The Morgan fingerprint density at radius 2 is 2.00 bits per heavy atom. The molecule has 0 bridgehead atoms. The molecule has 86 valence electrons. The van der Waals surface area contributed by atoms with E-state index in [1.54, 1.807) is 0 Å². The van der Waals surface area contributed by atoms with Crippen LogP contribution in [0.2, 0.25) is 0 Å². The molecule has 0 heterocycles. The molecular formula is C12H20ClNO. The maximum Gasteiger partial charge on any atom is 0.225 e. The Hall–Kier alpha value is -0.240. The smallest absolute Gasteiger partial charge is 0.225 e. The summed E-state index contributed by atoms with van der Waals surface area (Å²) in [6, 6.07) is 0. The van der Waals surface area contributed by atoms with Gasteiger partial charge in [0.15, 0.2) is 0 Å². The molecule has 1 amide bonds. The molecule has 0 aromatic heterocycles. The van der Waals surface area contributed by atoms with E-state index in [1.165, 1.54) is 6.42 Å². The zero-order valence-electron chi connectivity index (χ0n) is 9.58. The Balaban J connectivity index is 1.74. The Morgan fingerprint density at radius 1 is 1.40 bits per heavy atom. The van der Waals surface area contributed by atoms with Crippen LogP contribution in [0.3, 0.4) is 0 Å². The van der Waals surface area contributed by atoms with Crippen molar-refractivity contribution >= 4 is 17.5 Å². The number of carbonyl (C=O) groups excluding carboxylic acids is 1. The maximum absolute atomic E-state index is 12.0. The lowest BCUT2D eigenvalue weighted by Crippen LogP contribution is -2.33. The highest BCUT2D eigenvalue weighted by molar-refractivity contribution is 6.20. The van der Waals surface area contributed by atoms with Gasteiger partial charge in [-0.1, -0.05) is 0 Å². The first-order valence-electron chi connectivity index (χ1n) is 5.97. The van der Waals surface area contributed by atoms with Crippen LogP contribution in [0.4, 0.5) is 0 Å². The van der Waals surface area contributed by atoms with E-state index in [0.29, 0.717) is 11.8 Å². The van der Waals surface area contributed by atoms with Crippen LogP contribution in [0.5, 0.6) is 0 Å². The molecule has 15 heavy (non-hydrogen) atoms. The van der Waals surface area contributed by atoms with Gasteiger partial charge in [-0.2, -0.15) is 0 Å². The molecule has 0 aromatic carbocycles. The van der Waals surface area contributed by atoms with Gasteiger partial charge < -0.3 is 4.90 Å². The van der Waals surface area contributed by atoms with Crippen LogP contribution in [0.15, 0.2) is 0 Å². The second kappa shape index (κ2) is 4.32. The Bertz CT molecular complexity index is 244. The number of amides is 1. The Morgan fingerprint density at radius 3 is 2.53 bits per heavy atom. The summed E-state index contributed by atoms with van der Waals surface area (Å²) in [5, 5.41) is 0.164. The van der Waals surface area contributed by atoms with Crippen molar-refractivity contribution in [2.24, 2.45) is 17.8 Å². The molecule has 2 saturated carbocycles. The molecule has 3 unspecified atom stereocenters. The van der Waals surface area contributed by atoms with Crippen LogP contribution in [0.25, 0.3) is 0 Å². The third kappa shape index (κ3) is 2.66. The van der Waals surface area contributed by atoms with Crippen molar-refractivity contribution in [3.8, 4) is 0 Å². The second-order valence-corrected chi connectivity index (χ2v) is 6.00. The number of alkyl halides is 1. The van der Waals surface area contributed by atoms with Gasteiger partial charge in [0.05, 0.1) is 0 Å². The highest BCUT2D eigenvalue weighted by Crippen LogP contribution is 2.54. The lowest BCUT2D eigenvalue weighted by atomic mass is 10.0. The molecule has 0 N–H and O–H groups in total.